The molecule has 2 heteroatoms. The van der Waals surface area contributed by atoms with Crippen LogP contribution < -0.4 is 9.64 Å². The highest BCUT2D eigenvalue weighted by Gasteiger charge is 2.50. The smallest absolute Gasteiger partial charge is 0.132 e. The van der Waals surface area contributed by atoms with E-state index in [2.05, 4.69) is 181 Å². The summed E-state index contributed by atoms with van der Waals surface area (Å²) < 4.78 is 6.56. The Kier molecular flexibility index (Phi) is 7.19. The predicted molar refractivity (Wildman–Crippen MR) is 195 cm³/mol. The third-order valence-corrected chi connectivity index (χ3v) is 9.29. The maximum absolute atomic E-state index is 6.56. The number of nitrogens with zero attached hydrogens (tertiary/aromatic N) is 1. The van der Waals surface area contributed by atoms with Crippen molar-refractivity contribution in [1.29, 1.82) is 0 Å². The summed E-state index contributed by atoms with van der Waals surface area (Å²) in [6, 6.07) is 63.2. The number of benzene rings is 7. The highest BCUT2D eigenvalue weighted by molar-refractivity contribution is 5.93. The minimum Gasteiger partial charge on any atom is -0.457 e. The summed E-state index contributed by atoms with van der Waals surface area (Å²) in [6.45, 7) is 4.00. The van der Waals surface area contributed by atoms with Gasteiger partial charge in [-0.15, -0.1) is 0 Å². The van der Waals surface area contributed by atoms with Crippen LogP contribution in [-0.4, -0.2) is 0 Å². The molecule has 0 radical (unpaired) electrons. The van der Waals surface area contributed by atoms with Crippen LogP contribution in [0.5, 0.6) is 11.5 Å². The molecule has 0 N–H and O–H groups in total. The standard InChI is InChI=1S/C43H29NO.C2H6/c1-3-15-30(16-4-1)32-27-33(31-17-5-2-6-18-31)29-34(28-32)44-39-23-11-7-19-35(39)43(36-20-8-12-24-40(36)44)37-21-9-13-25-41(37)45-42-26-14-10-22-38(42)43;1-2/h1-29H;1-2H3. The maximum atomic E-state index is 6.56. The van der Waals surface area contributed by atoms with E-state index in [0.717, 1.165) is 39.7 Å². The van der Waals surface area contributed by atoms with Crippen LogP contribution in [0.3, 0.4) is 0 Å². The van der Waals surface area contributed by atoms with E-state index in [4.69, 9.17) is 4.74 Å². The largest absolute Gasteiger partial charge is 0.457 e. The molecule has 2 aliphatic heterocycles. The molecule has 7 aromatic carbocycles. The van der Waals surface area contributed by atoms with Gasteiger partial charge in [-0.25, -0.2) is 0 Å². The molecule has 0 amide bonds. The van der Waals surface area contributed by atoms with E-state index >= 15 is 0 Å². The van der Waals surface area contributed by atoms with Crippen LogP contribution in [0.4, 0.5) is 17.1 Å². The van der Waals surface area contributed by atoms with E-state index < -0.39 is 5.41 Å². The highest BCUT2D eigenvalue weighted by Crippen LogP contribution is 2.62. The number of ether oxygens (including phenoxy) is 1. The maximum Gasteiger partial charge on any atom is 0.132 e. The van der Waals surface area contributed by atoms with Gasteiger partial charge in [0, 0.05) is 16.8 Å². The van der Waals surface area contributed by atoms with Gasteiger partial charge in [-0.1, -0.05) is 147 Å². The third kappa shape index (κ3) is 4.48. The van der Waals surface area contributed by atoms with Crippen molar-refractivity contribution in [2.24, 2.45) is 0 Å². The molecule has 7 aromatic rings. The molecule has 0 atom stereocenters. The van der Waals surface area contributed by atoms with E-state index in [-0.39, 0.29) is 0 Å². The Morgan fingerprint density at radius 2 is 0.766 bits per heavy atom. The fraction of sp³-hybridized carbons (Fsp3) is 0.0667. The first-order valence-electron chi connectivity index (χ1n) is 16.4. The molecule has 2 aliphatic rings. The van der Waals surface area contributed by atoms with Crippen LogP contribution in [0.1, 0.15) is 36.1 Å². The van der Waals surface area contributed by atoms with Gasteiger partial charge in [0.05, 0.1) is 16.8 Å². The molecule has 0 aliphatic carbocycles. The normalized spacial score (nSPS) is 13.2. The Balaban J connectivity index is 0.00000159. The number of hydrogen-bond donors (Lipinski definition) is 0. The second-order valence-corrected chi connectivity index (χ2v) is 11.7. The molecule has 1 spiro atoms. The van der Waals surface area contributed by atoms with Crippen molar-refractivity contribution >= 4 is 17.1 Å². The average molecular weight is 606 g/mol. The van der Waals surface area contributed by atoms with Crippen LogP contribution >= 0.6 is 0 Å². The Morgan fingerprint density at radius 1 is 0.383 bits per heavy atom. The Labute approximate surface area is 277 Å². The molecule has 0 bridgehead atoms. The second kappa shape index (κ2) is 11.8. The van der Waals surface area contributed by atoms with Crippen LogP contribution in [0.2, 0.25) is 0 Å². The summed E-state index contributed by atoms with van der Waals surface area (Å²) in [5.41, 5.74) is 12.4. The lowest BCUT2D eigenvalue weighted by atomic mass is 9.61. The van der Waals surface area contributed by atoms with Crippen LogP contribution in [0, 0.1) is 0 Å². The quantitative estimate of drug-likeness (QED) is 0.199. The zero-order valence-electron chi connectivity index (χ0n) is 26.6. The van der Waals surface area contributed by atoms with Crippen molar-refractivity contribution in [3.63, 3.8) is 0 Å². The second-order valence-electron chi connectivity index (χ2n) is 11.7. The molecular formula is C45H35NO. The first-order valence-corrected chi connectivity index (χ1v) is 16.4. The van der Waals surface area contributed by atoms with Gasteiger partial charge >= 0.3 is 0 Å². The summed E-state index contributed by atoms with van der Waals surface area (Å²) in [5.74, 6) is 1.79. The molecule has 0 unspecified atom stereocenters. The first kappa shape index (κ1) is 28.6. The van der Waals surface area contributed by atoms with Crippen LogP contribution in [0.25, 0.3) is 22.3 Å². The van der Waals surface area contributed by atoms with E-state index in [9.17, 15) is 0 Å². The van der Waals surface area contributed by atoms with Gasteiger partial charge in [0.1, 0.15) is 11.5 Å². The molecule has 0 saturated carbocycles. The van der Waals surface area contributed by atoms with E-state index in [1.54, 1.807) is 0 Å². The Hall–Kier alpha value is -5.86. The van der Waals surface area contributed by atoms with Crippen molar-refractivity contribution in [1.82, 2.24) is 0 Å². The molecule has 0 aromatic heterocycles. The molecule has 47 heavy (non-hydrogen) atoms. The van der Waals surface area contributed by atoms with Gasteiger partial charge in [0.2, 0.25) is 0 Å². The summed E-state index contributed by atoms with van der Waals surface area (Å²) in [5, 5.41) is 0. The Morgan fingerprint density at radius 3 is 1.23 bits per heavy atom. The van der Waals surface area contributed by atoms with Gasteiger partial charge < -0.3 is 9.64 Å². The number of rotatable bonds is 3. The van der Waals surface area contributed by atoms with Gasteiger partial charge in [0.25, 0.3) is 0 Å². The lowest BCUT2D eigenvalue weighted by Crippen LogP contribution is -2.39. The summed E-state index contributed by atoms with van der Waals surface area (Å²) in [6.07, 6.45) is 0. The van der Waals surface area contributed by atoms with Gasteiger partial charge in [-0.2, -0.15) is 0 Å². The van der Waals surface area contributed by atoms with Gasteiger partial charge in [0.15, 0.2) is 0 Å². The number of fused-ring (bicyclic) bond motifs is 8. The first-order chi connectivity index (χ1) is 23.3. The monoisotopic (exact) mass is 605 g/mol. The molecular weight excluding hydrogens is 571 g/mol. The van der Waals surface area contributed by atoms with E-state index in [1.165, 1.54) is 33.4 Å². The summed E-state index contributed by atoms with van der Waals surface area (Å²) >= 11 is 0. The molecule has 226 valence electrons. The molecule has 0 saturated heterocycles. The number of para-hydroxylation sites is 4. The minimum atomic E-state index is -0.547. The lowest BCUT2D eigenvalue weighted by Gasteiger charge is -2.48. The van der Waals surface area contributed by atoms with E-state index in [0.29, 0.717) is 0 Å². The summed E-state index contributed by atoms with van der Waals surface area (Å²) in [7, 11) is 0. The van der Waals surface area contributed by atoms with Crippen molar-refractivity contribution in [3.05, 3.63) is 198 Å². The van der Waals surface area contributed by atoms with Crippen LogP contribution in [0.15, 0.2) is 176 Å². The molecule has 2 heterocycles. The average Bonchev–Trinajstić information content (AvgIpc) is 3.16. The summed E-state index contributed by atoms with van der Waals surface area (Å²) in [4.78, 5) is 2.45. The molecule has 9 rings (SSSR count). The Bertz CT molecular complexity index is 2050. The van der Waals surface area contributed by atoms with Gasteiger partial charge in [-0.3, -0.25) is 0 Å². The molecule has 2 nitrogen and oxygen atoms in total. The fourth-order valence-electron chi connectivity index (χ4n) is 7.43. The van der Waals surface area contributed by atoms with Crippen molar-refractivity contribution in [2.45, 2.75) is 19.3 Å². The van der Waals surface area contributed by atoms with Crippen molar-refractivity contribution in [3.8, 4) is 33.8 Å². The van der Waals surface area contributed by atoms with E-state index in [1.807, 2.05) is 13.8 Å². The van der Waals surface area contributed by atoms with Crippen LogP contribution in [-0.2, 0) is 5.41 Å². The minimum absolute atomic E-state index is 0.547. The lowest BCUT2D eigenvalue weighted by molar-refractivity contribution is 0.434. The SMILES string of the molecule is CC.c1ccc(-c2cc(-c3ccccc3)cc(N3c4ccccc4C4(c5ccccc5Oc5ccccc54)c4ccccc43)c2)cc1. The molecule has 0 fully saturated rings. The van der Waals surface area contributed by atoms with Gasteiger partial charge in [-0.05, 0) is 75.8 Å². The predicted octanol–water partition coefficient (Wildman–Crippen LogP) is 12.3. The highest BCUT2D eigenvalue weighted by atomic mass is 16.5. The number of anilines is 3. The topological polar surface area (TPSA) is 12.5 Å². The third-order valence-electron chi connectivity index (χ3n) is 9.29. The zero-order chi connectivity index (χ0) is 31.8. The van der Waals surface area contributed by atoms with Crippen molar-refractivity contribution in [2.75, 3.05) is 4.90 Å². The fourth-order valence-corrected chi connectivity index (χ4v) is 7.43. The van der Waals surface area contributed by atoms with Crippen molar-refractivity contribution < 1.29 is 4.74 Å². The number of hydrogen-bond acceptors (Lipinski definition) is 2. The zero-order valence-corrected chi connectivity index (χ0v) is 26.6.